The van der Waals surface area contributed by atoms with E-state index in [0.717, 1.165) is 17.3 Å². The van der Waals surface area contributed by atoms with E-state index in [2.05, 4.69) is 15.9 Å². The Morgan fingerprint density at radius 1 is 1.20 bits per heavy atom. The smallest absolute Gasteiger partial charge is 0.254 e. The zero-order valence-electron chi connectivity index (χ0n) is 11.8. The average Bonchev–Trinajstić information content (AvgIpc) is 2.46. The molecule has 0 aromatic heterocycles. The van der Waals surface area contributed by atoms with Gasteiger partial charge in [0.25, 0.3) is 5.91 Å². The molecule has 0 N–H and O–H groups in total. The summed E-state index contributed by atoms with van der Waals surface area (Å²) in [5.41, 5.74) is 0.685. The van der Waals surface area contributed by atoms with E-state index < -0.39 is 0 Å². The molecular formula is C15H19BrN2O2. The van der Waals surface area contributed by atoms with E-state index in [1.807, 2.05) is 29.2 Å². The van der Waals surface area contributed by atoms with Crippen LogP contribution in [0.5, 0.6) is 0 Å². The topological polar surface area (TPSA) is 40.6 Å². The molecule has 0 saturated carbocycles. The first-order chi connectivity index (χ1) is 9.50. The van der Waals surface area contributed by atoms with E-state index in [4.69, 9.17) is 0 Å². The van der Waals surface area contributed by atoms with Gasteiger partial charge < -0.3 is 9.80 Å². The third-order valence-electron chi connectivity index (χ3n) is 3.68. The van der Waals surface area contributed by atoms with Crippen LogP contribution in [0.3, 0.4) is 0 Å². The lowest BCUT2D eigenvalue weighted by Gasteiger charge is -2.32. The lowest BCUT2D eigenvalue weighted by Crippen LogP contribution is -2.42. The van der Waals surface area contributed by atoms with Gasteiger partial charge in [-0.2, -0.15) is 0 Å². The Morgan fingerprint density at radius 3 is 2.35 bits per heavy atom. The van der Waals surface area contributed by atoms with Crippen LogP contribution in [0, 0.1) is 5.92 Å². The summed E-state index contributed by atoms with van der Waals surface area (Å²) >= 11 is 3.41. The number of hydrogen-bond acceptors (Lipinski definition) is 2. The number of benzene rings is 1. The van der Waals surface area contributed by atoms with Gasteiger partial charge in [0, 0.05) is 37.6 Å². The highest BCUT2D eigenvalue weighted by Gasteiger charge is 2.29. The number of piperidine rings is 1. The molecular weight excluding hydrogens is 320 g/mol. The molecule has 2 amide bonds. The van der Waals surface area contributed by atoms with Crippen LogP contribution in [0.15, 0.2) is 28.7 Å². The molecule has 1 heterocycles. The minimum atomic E-state index is 0.0354. The summed E-state index contributed by atoms with van der Waals surface area (Å²) in [5.74, 6) is 0.250. The molecule has 1 aromatic rings. The second-order valence-electron chi connectivity index (χ2n) is 5.28. The van der Waals surface area contributed by atoms with Crippen molar-refractivity contribution in [3.8, 4) is 0 Å². The van der Waals surface area contributed by atoms with Gasteiger partial charge in [0.1, 0.15) is 0 Å². The van der Waals surface area contributed by atoms with Gasteiger partial charge in [0.15, 0.2) is 0 Å². The molecule has 0 unspecified atom stereocenters. The summed E-state index contributed by atoms with van der Waals surface area (Å²) in [7, 11) is 3.56. The monoisotopic (exact) mass is 338 g/mol. The molecule has 2 rings (SSSR count). The predicted molar refractivity (Wildman–Crippen MR) is 81.5 cm³/mol. The van der Waals surface area contributed by atoms with Crippen LogP contribution in [0.2, 0.25) is 0 Å². The van der Waals surface area contributed by atoms with Crippen LogP contribution in [0.25, 0.3) is 0 Å². The minimum absolute atomic E-state index is 0.0354. The van der Waals surface area contributed by atoms with Gasteiger partial charge >= 0.3 is 0 Å². The fourth-order valence-electron chi connectivity index (χ4n) is 2.50. The molecule has 1 fully saturated rings. The Hall–Kier alpha value is -1.36. The SMILES string of the molecule is CN(C)C(=O)C1CCN(C(=O)c2ccccc2Br)CC1. The average molecular weight is 339 g/mol. The molecule has 5 heteroatoms. The first-order valence-electron chi connectivity index (χ1n) is 6.75. The Balaban J connectivity index is 1.99. The summed E-state index contributed by atoms with van der Waals surface area (Å²) in [6, 6.07) is 7.45. The first kappa shape index (κ1) is 15.0. The van der Waals surface area contributed by atoms with Crippen LogP contribution in [0.1, 0.15) is 23.2 Å². The number of amides is 2. The molecule has 108 valence electrons. The molecule has 1 aromatic carbocycles. The number of rotatable bonds is 2. The van der Waals surface area contributed by atoms with E-state index in [0.29, 0.717) is 18.7 Å². The Morgan fingerprint density at radius 2 is 1.80 bits per heavy atom. The van der Waals surface area contributed by atoms with Crippen molar-refractivity contribution in [2.24, 2.45) is 5.92 Å². The number of carbonyl (C=O) groups is 2. The van der Waals surface area contributed by atoms with Crippen molar-refractivity contribution in [2.75, 3.05) is 27.2 Å². The fraction of sp³-hybridized carbons (Fsp3) is 0.467. The molecule has 0 atom stereocenters. The molecule has 4 nitrogen and oxygen atoms in total. The van der Waals surface area contributed by atoms with Crippen LogP contribution in [-0.2, 0) is 4.79 Å². The summed E-state index contributed by atoms with van der Waals surface area (Å²) in [4.78, 5) is 27.8. The number of halogens is 1. The normalized spacial score (nSPS) is 16.1. The highest BCUT2D eigenvalue weighted by molar-refractivity contribution is 9.10. The third kappa shape index (κ3) is 3.20. The van der Waals surface area contributed by atoms with Crippen molar-refractivity contribution >= 4 is 27.7 Å². The van der Waals surface area contributed by atoms with Crippen LogP contribution >= 0.6 is 15.9 Å². The molecule has 20 heavy (non-hydrogen) atoms. The second kappa shape index (κ2) is 6.39. The Kier molecular flexibility index (Phi) is 4.81. The molecule has 0 spiro atoms. The standard InChI is InChI=1S/C15H19BrN2O2/c1-17(2)14(19)11-7-9-18(10-8-11)15(20)12-5-3-4-6-13(12)16/h3-6,11H,7-10H2,1-2H3. The van der Waals surface area contributed by atoms with Gasteiger partial charge in [-0.25, -0.2) is 0 Å². The molecule has 0 radical (unpaired) electrons. The van der Waals surface area contributed by atoms with E-state index in [1.54, 1.807) is 19.0 Å². The van der Waals surface area contributed by atoms with Gasteiger partial charge in [0.05, 0.1) is 5.56 Å². The summed E-state index contributed by atoms with van der Waals surface area (Å²) in [6.07, 6.45) is 1.49. The van der Waals surface area contributed by atoms with Crippen LogP contribution in [0.4, 0.5) is 0 Å². The zero-order chi connectivity index (χ0) is 14.7. The summed E-state index contributed by atoms with van der Waals surface area (Å²) in [6.45, 7) is 1.29. The molecule has 1 aliphatic heterocycles. The van der Waals surface area contributed by atoms with Crippen LogP contribution < -0.4 is 0 Å². The lowest BCUT2D eigenvalue weighted by atomic mass is 9.95. The van der Waals surface area contributed by atoms with Crippen molar-refractivity contribution in [1.29, 1.82) is 0 Å². The van der Waals surface area contributed by atoms with Gasteiger partial charge in [-0.05, 0) is 40.9 Å². The van der Waals surface area contributed by atoms with Gasteiger partial charge in [0.2, 0.25) is 5.91 Å². The van der Waals surface area contributed by atoms with Crippen molar-refractivity contribution in [2.45, 2.75) is 12.8 Å². The number of likely N-dealkylation sites (tertiary alicyclic amines) is 1. The number of nitrogens with zero attached hydrogens (tertiary/aromatic N) is 2. The number of hydrogen-bond donors (Lipinski definition) is 0. The first-order valence-corrected chi connectivity index (χ1v) is 7.55. The molecule has 0 aliphatic carbocycles. The van der Waals surface area contributed by atoms with Gasteiger partial charge in [-0.15, -0.1) is 0 Å². The van der Waals surface area contributed by atoms with E-state index in [1.165, 1.54) is 0 Å². The molecule has 1 aliphatic rings. The highest BCUT2D eigenvalue weighted by atomic mass is 79.9. The molecule has 1 saturated heterocycles. The lowest BCUT2D eigenvalue weighted by molar-refractivity contribution is -0.134. The van der Waals surface area contributed by atoms with E-state index in [9.17, 15) is 9.59 Å². The Labute approximate surface area is 127 Å². The maximum atomic E-state index is 12.4. The quantitative estimate of drug-likeness (QED) is 0.830. The third-order valence-corrected chi connectivity index (χ3v) is 4.37. The number of carbonyl (C=O) groups excluding carboxylic acids is 2. The maximum Gasteiger partial charge on any atom is 0.254 e. The summed E-state index contributed by atoms with van der Waals surface area (Å²) < 4.78 is 0.816. The highest BCUT2D eigenvalue weighted by Crippen LogP contribution is 2.23. The van der Waals surface area contributed by atoms with Crippen LogP contribution in [-0.4, -0.2) is 48.8 Å². The Bertz CT molecular complexity index is 508. The fourth-order valence-corrected chi connectivity index (χ4v) is 2.95. The van der Waals surface area contributed by atoms with E-state index >= 15 is 0 Å². The second-order valence-corrected chi connectivity index (χ2v) is 6.13. The maximum absolute atomic E-state index is 12.4. The van der Waals surface area contributed by atoms with Crippen molar-refractivity contribution in [3.63, 3.8) is 0 Å². The van der Waals surface area contributed by atoms with Crippen molar-refractivity contribution in [1.82, 2.24) is 9.80 Å². The van der Waals surface area contributed by atoms with Gasteiger partial charge in [-0.1, -0.05) is 12.1 Å². The van der Waals surface area contributed by atoms with E-state index in [-0.39, 0.29) is 17.7 Å². The van der Waals surface area contributed by atoms with Crippen molar-refractivity contribution in [3.05, 3.63) is 34.3 Å². The van der Waals surface area contributed by atoms with Crippen molar-refractivity contribution < 1.29 is 9.59 Å². The largest absolute Gasteiger partial charge is 0.349 e. The summed E-state index contributed by atoms with van der Waals surface area (Å²) in [5, 5.41) is 0. The minimum Gasteiger partial charge on any atom is -0.349 e. The predicted octanol–water partition coefficient (Wildman–Crippen LogP) is 2.39. The molecule has 0 bridgehead atoms. The van der Waals surface area contributed by atoms with Gasteiger partial charge in [-0.3, -0.25) is 9.59 Å². The zero-order valence-corrected chi connectivity index (χ0v) is 13.4.